The van der Waals surface area contributed by atoms with E-state index in [1.807, 2.05) is 30.3 Å². The Balaban J connectivity index is 1.63. The standard InChI is InChI=1S/C20H20N4O3/c25-19(23-9-11-27-12-10-23)16-7-4-8-24-18(16)22-14-17(20(24)26)21-13-15-5-2-1-3-6-15/h1-8,14,21H,9-13H2. The van der Waals surface area contributed by atoms with Crippen molar-refractivity contribution in [2.24, 2.45) is 0 Å². The fraction of sp³-hybridized carbons (Fsp3) is 0.250. The Labute approximate surface area is 156 Å². The summed E-state index contributed by atoms with van der Waals surface area (Å²) in [6, 6.07) is 13.2. The van der Waals surface area contributed by atoms with Gasteiger partial charge in [-0.2, -0.15) is 0 Å². The number of benzene rings is 1. The fourth-order valence-corrected chi connectivity index (χ4v) is 3.12. The minimum Gasteiger partial charge on any atom is -0.378 e. The summed E-state index contributed by atoms with van der Waals surface area (Å²) in [4.78, 5) is 31.8. The number of morpholine rings is 1. The summed E-state index contributed by atoms with van der Waals surface area (Å²) in [6.45, 7) is 2.66. The highest BCUT2D eigenvalue weighted by atomic mass is 16.5. The van der Waals surface area contributed by atoms with Crippen LogP contribution >= 0.6 is 0 Å². The van der Waals surface area contributed by atoms with Crippen LogP contribution in [0.15, 0.2) is 59.7 Å². The van der Waals surface area contributed by atoms with Crippen LogP contribution in [-0.4, -0.2) is 46.5 Å². The molecule has 0 bridgehead atoms. The van der Waals surface area contributed by atoms with Crippen LogP contribution in [0.5, 0.6) is 0 Å². The third-order valence-corrected chi connectivity index (χ3v) is 4.59. The lowest BCUT2D eigenvalue weighted by Crippen LogP contribution is -2.41. The quantitative estimate of drug-likeness (QED) is 0.764. The first-order chi connectivity index (χ1) is 13.2. The van der Waals surface area contributed by atoms with Crippen LogP contribution in [0.1, 0.15) is 15.9 Å². The second-order valence-electron chi connectivity index (χ2n) is 6.34. The average Bonchev–Trinajstić information content (AvgIpc) is 2.74. The molecule has 3 aromatic rings. The molecule has 138 valence electrons. The Morgan fingerprint density at radius 3 is 2.67 bits per heavy atom. The van der Waals surface area contributed by atoms with E-state index in [-0.39, 0.29) is 11.5 Å². The van der Waals surface area contributed by atoms with Gasteiger partial charge in [-0.05, 0) is 17.7 Å². The smallest absolute Gasteiger partial charge is 0.281 e. The van der Waals surface area contributed by atoms with Gasteiger partial charge < -0.3 is 15.0 Å². The molecule has 0 saturated carbocycles. The topological polar surface area (TPSA) is 75.9 Å². The van der Waals surface area contributed by atoms with E-state index >= 15 is 0 Å². The number of pyridine rings is 1. The van der Waals surface area contributed by atoms with E-state index in [4.69, 9.17) is 4.74 Å². The molecule has 27 heavy (non-hydrogen) atoms. The van der Waals surface area contributed by atoms with Crippen molar-refractivity contribution in [2.45, 2.75) is 6.54 Å². The molecule has 3 heterocycles. The number of rotatable bonds is 4. The number of carbonyl (C=O) groups is 1. The molecule has 1 aliphatic rings. The molecule has 0 spiro atoms. The van der Waals surface area contributed by atoms with Crippen molar-refractivity contribution < 1.29 is 9.53 Å². The summed E-state index contributed by atoms with van der Waals surface area (Å²) < 4.78 is 6.72. The van der Waals surface area contributed by atoms with Crippen LogP contribution in [0.2, 0.25) is 0 Å². The van der Waals surface area contributed by atoms with Gasteiger partial charge in [0, 0.05) is 25.8 Å². The van der Waals surface area contributed by atoms with E-state index in [0.717, 1.165) is 5.56 Å². The number of ether oxygens (including phenoxy) is 1. The Morgan fingerprint density at radius 2 is 1.89 bits per heavy atom. The molecule has 0 radical (unpaired) electrons. The highest BCUT2D eigenvalue weighted by molar-refractivity contribution is 5.99. The van der Waals surface area contributed by atoms with Crippen molar-refractivity contribution in [3.05, 3.63) is 76.3 Å². The molecule has 1 fully saturated rings. The third-order valence-electron chi connectivity index (χ3n) is 4.59. The SMILES string of the molecule is O=C(c1cccn2c(=O)c(NCc3ccccc3)cnc12)N1CCOCC1. The molecule has 0 atom stereocenters. The molecule has 2 aromatic heterocycles. The van der Waals surface area contributed by atoms with E-state index in [9.17, 15) is 9.59 Å². The number of anilines is 1. The monoisotopic (exact) mass is 364 g/mol. The molecule has 4 rings (SSSR count). The Hall–Kier alpha value is -3.19. The van der Waals surface area contributed by atoms with Crippen molar-refractivity contribution in [1.29, 1.82) is 0 Å². The van der Waals surface area contributed by atoms with Gasteiger partial charge in [0.2, 0.25) is 0 Å². The minimum absolute atomic E-state index is 0.131. The van der Waals surface area contributed by atoms with Gasteiger partial charge in [0.05, 0.1) is 25.0 Å². The second kappa shape index (κ2) is 7.59. The van der Waals surface area contributed by atoms with Gasteiger partial charge in [0.15, 0.2) is 5.65 Å². The van der Waals surface area contributed by atoms with Crippen LogP contribution in [0.3, 0.4) is 0 Å². The van der Waals surface area contributed by atoms with Crippen LogP contribution in [0.25, 0.3) is 5.65 Å². The summed E-state index contributed by atoms with van der Waals surface area (Å²) in [7, 11) is 0. The van der Waals surface area contributed by atoms with Gasteiger partial charge in [-0.1, -0.05) is 30.3 Å². The van der Waals surface area contributed by atoms with Crippen molar-refractivity contribution >= 4 is 17.2 Å². The lowest BCUT2D eigenvalue weighted by molar-refractivity contribution is 0.0303. The molecular weight excluding hydrogens is 344 g/mol. The highest BCUT2D eigenvalue weighted by Gasteiger charge is 2.21. The van der Waals surface area contributed by atoms with Crippen molar-refractivity contribution in [3.63, 3.8) is 0 Å². The molecule has 7 heteroatoms. The fourth-order valence-electron chi connectivity index (χ4n) is 3.12. The molecular formula is C20H20N4O3. The Morgan fingerprint density at radius 1 is 1.11 bits per heavy atom. The predicted molar refractivity (Wildman–Crippen MR) is 102 cm³/mol. The van der Waals surface area contributed by atoms with Crippen LogP contribution < -0.4 is 10.9 Å². The molecule has 0 unspecified atom stereocenters. The minimum atomic E-state index is -0.229. The first kappa shape index (κ1) is 17.2. The molecule has 1 saturated heterocycles. The molecule has 7 nitrogen and oxygen atoms in total. The van der Waals surface area contributed by atoms with Gasteiger partial charge in [-0.3, -0.25) is 14.0 Å². The largest absolute Gasteiger partial charge is 0.378 e. The molecule has 1 amide bonds. The average molecular weight is 364 g/mol. The molecule has 1 N–H and O–H groups in total. The van der Waals surface area contributed by atoms with Crippen molar-refractivity contribution in [2.75, 3.05) is 31.6 Å². The summed E-state index contributed by atoms with van der Waals surface area (Å²) in [5.41, 5.74) is 2.02. The highest BCUT2D eigenvalue weighted by Crippen LogP contribution is 2.13. The summed E-state index contributed by atoms with van der Waals surface area (Å²) in [6.07, 6.45) is 3.13. The summed E-state index contributed by atoms with van der Waals surface area (Å²) in [5.74, 6) is -0.131. The number of nitrogens with zero attached hydrogens (tertiary/aromatic N) is 3. The van der Waals surface area contributed by atoms with Gasteiger partial charge >= 0.3 is 0 Å². The van der Waals surface area contributed by atoms with Crippen LogP contribution in [0.4, 0.5) is 5.69 Å². The van der Waals surface area contributed by atoms with E-state index in [1.54, 1.807) is 23.2 Å². The van der Waals surface area contributed by atoms with Gasteiger partial charge in [0.25, 0.3) is 11.5 Å². The van der Waals surface area contributed by atoms with Crippen molar-refractivity contribution in [3.8, 4) is 0 Å². The predicted octanol–water partition coefficient (Wildman–Crippen LogP) is 1.78. The van der Waals surface area contributed by atoms with Crippen LogP contribution in [-0.2, 0) is 11.3 Å². The van der Waals surface area contributed by atoms with Gasteiger partial charge in [0.1, 0.15) is 5.69 Å². The van der Waals surface area contributed by atoms with Crippen LogP contribution in [0, 0.1) is 0 Å². The molecule has 1 aliphatic heterocycles. The maximum Gasteiger partial charge on any atom is 0.281 e. The first-order valence-electron chi connectivity index (χ1n) is 8.89. The Bertz CT molecular complexity index is 1010. The lowest BCUT2D eigenvalue weighted by atomic mass is 10.2. The molecule has 0 aliphatic carbocycles. The zero-order valence-electron chi connectivity index (χ0n) is 14.8. The summed E-state index contributed by atoms with van der Waals surface area (Å²) >= 11 is 0. The maximum atomic E-state index is 12.8. The van der Waals surface area contributed by atoms with E-state index in [0.29, 0.717) is 49.7 Å². The van der Waals surface area contributed by atoms with E-state index < -0.39 is 0 Å². The number of nitrogens with one attached hydrogen (secondary N) is 1. The normalized spacial score (nSPS) is 14.3. The number of carbonyl (C=O) groups excluding carboxylic acids is 1. The number of hydrogen-bond donors (Lipinski definition) is 1. The zero-order valence-corrected chi connectivity index (χ0v) is 14.8. The lowest BCUT2D eigenvalue weighted by Gasteiger charge is -2.27. The van der Waals surface area contributed by atoms with Crippen molar-refractivity contribution in [1.82, 2.24) is 14.3 Å². The number of amides is 1. The number of fused-ring (bicyclic) bond motifs is 1. The van der Waals surface area contributed by atoms with Gasteiger partial charge in [-0.15, -0.1) is 0 Å². The summed E-state index contributed by atoms with van der Waals surface area (Å²) in [5, 5.41) is 3.13. The maximum absolute atomic E-state index is 12.8. The third kappa shape index (κ3) is 3.54. The van der Waals surface area contributed by atoms with Gasteiger partial charge in [-0.25, -0.2) is 4.98 Å². The Kier molecular flexibility index (Phi) is 4.84. The number of aromatic nitrogens is 2. The molecule has 1 aromatic carbocycles. The van der Waals surface area contributed by atoms with E-state index in [1.165, 1.54) is 10.6 Å². The second-order valence-corrected chi connectivity index (χ2v) is 6.34. The van der Waals surface area contributed by atoms with E-state index in [2.05, 4.69) is 10.3 Å². The number of hydrogen-bond acceptors (Lipinski definition) is 5. The zero-order chi connectivity index (χ0) is 18.6. The first-order valence-corrected chi connectivity index (χ1v) is 8.89.